The molecule has 0 bridgehead atoms. The molecule has 0 spiro atoms. The molecule has 0 aliphatic rings. The second-order valence-electron chi connectivity index (χ2n) is 8.52. The van der Waals surface area contributed by atoms with Gasteiger partial charge in [0.2, 0.25) is 0 Å². The van der Waals surface area contributed by atoms with E-state index >= 15 is 0 Å². The number of hydrogen-bond acceptors (Lipinski definition) is 5. The van der Waals surface area contributed by atoms with Crippen molar-refractivity contribution < 1.29 is 18.3 Å². The number of aliphatic hydroxyl groups excluding tert-OH is 1. The smallest absolute Gasteiger partial charge is 0.383 e. The van der Waals surface area contributed by atoms with Crippen LogP contribution in [0.5, 0.6) is 0 Å². The third-order valence-electron chi connectivity index (χ3n) is 5.59. The van der Waals surface area contributed by atoms with E-state index in [0.29, 0.717) is 21.1 Å². The maximum absolute atomic E-state index is 13.7. The van der Waals surface area contributed by atoms with E-state index < -0.39 is 29.1 Å². The average molecular weight is 509 g/mol. The summed E-state index contributed by atoms with van der Waals surface area (Å²) in [6.45, 7) is 4.19. The third-order valence-corrected chi connectivity index (χ3v) is 7.75. The van der Waals surface area contributed by atoms with Crippen LogP contribution in [0.2, 0.25) is 0 Å². The number of alkyl halides is 3. The summed E-state index contributed by atoms with van der Waals surface area (Å²) in [4.78, 5) is 27.5. The molecule has 1 atom stereocenters. The van der Waals surface area contributed by atoms with Gasteiger partial charge in [0.25, 0.3) is 5.56 Å². The van der Waals surface area contributed by atoms with Crippen LogP contribution in [0.4, 0.5) is 13.2 Å². The van der Waals surface area contributed by atoms with Crippen molar-refractivity contribution in [2.75, 3.05) is 0 Å². The SMILES string of the molecule is CC(C)Cn1c(=O)n(C)c(=O)c2c(C(O)c3cccs3)c(Cc3ccccc3C(F)(F)F)sc21. The minimum Gasteiger partial charge on any atom is -0.383 e. The van der Waals surface area contributed by atoms with E-state index in [1.165, 1.54) is 41.2 Å². The van der Waals surface area contributed by atoms with Crippen LogP contribution in [0.25, 0.3) is 10.2 Å². The van der Waals surface area contributed by atoms with E-state index in [2.05, 4.69) is 0 Å². The Morgan fingerprint density at radius 2 is 1.79 bits per heavy atom. The van der Waals surface area contributed by atoms with E-state index in [-0.39, 0.29) is 28.9 Å². The largest absolute Gasteiger partial charge is 0.416 e. The number of benzene rings is 1. The van der Waals surface area contributed by atoms with Crippen LogP contribution in [0.3, 0.4) is 0 Å². The van der Waals surface area contributed by atoms with Crippen molar-refractivity contribution in [3.8, 4) is 0 Å². The van der Waals surface area contributed by atoms with E-state index in [1.807, 2.05) is 13.8 Å². The molecule has 5 nitrogen and oxygen atoms in total. The Kier molecular flexibility index (Phi) is 6.58. The molecule has 0 amide bonds. The lowest BCUT2D eigenvalue weighted by molar-refractivity contribution is -0.138. The molecule has 0 radical (unpaired) electrons. The van der Waals surface area contributed by atoms with Gasteiger partial charge >= 0.3 is 11.9 Å². The molecule has 180 valence electrons. The van der Waals surface area contributed by atoms with E-state index in [1.54, 1.807) is 17.5 Å². The number of hydrogen-bond donors (Lipinski definition) is 1. The standard InChI is InChI=1S/C24H23F3N2O3S2/c1-13(2)12-29-22-19(21(31)28(3)23(29)32)18(20(30)16-9-6-10-33-16)17(34-22)11-14-7-4-5-8-15(14)24(25,26)27/h4-10,13,20,30H,11-12H2,1-3H3. The highest BCUT2D eigenvalue weighted by Crippen LogP contribution is 2.40. The second kappa shape index (κ2) is 9.16. The molecule has 1 N–H and O–H groups in total. The van der Waals surface area contributed by atoms with Crippen LogP contribution < -0.4 is 11.2 Å². The van der Waals surface area contributed by atoms with Crippen LogP contribution in [-0.2, 0) is 26.2 Å². The first-order valence-electron chi connectivity index (χ1n) is 10.6. The molecule has 3 heterocycles. The fourth-order valence-electron chi connectivity index (χ4n) is 4.06. The summed E-state index contributed by atoms with van der Waals surface area (Å²) in [6, 6.07) is 8.74. The maximum atomic E-state index is 13.7. The predicted octanol–water partition coefficient (Wildman–Crippen LogP) is 5.17. The molecule has 0 fully saturated rings. The lowest BCUT2D eigenvalue weighted by Gasteiger charge is -2.15. The van der Waals surface area contributed by atoms with Gasteiger partial charge in [0.1, 0.15) is 10.9 Å². The molecule has 4 aromatic rings. The molecule has 0 saturated heterocycles. The quantitative estimate of drug-likeness (QED) is 0.391. The van der Waals surface area contributed by atoms with Gasteiger partial charge in [-0.25, -0.2) is 4.79 Å². The number of aromatic nitrogens is 2. The highest BCUT2D eigenvalue weighted by atomic mass is 32.1. The summed E-state index contributed by atoms with van der Waals surface area (Å²) in [5.41, 5.74) is -1.53. The van der Waals surface area contributed by atoms with E-state index in [9.17, 15) is 27.9 Å². The minimum absolute atomic E-state index is 0.0377. The topological polar surface area (TPSA) is 64.2 Å². The van der Waals surface area contributed by atoms with Gasteiger partial charge in [0.05, 0.1) is 10.9 Å². The van der Waals surface area contributed by atoms with Crippen molar-refractivity contribution in [1.29, 1.82) is 0 Å². The van der Waals surface area contributed by atoms with Crippen molar-refractivity contribution in [1.82, 2.24) is 9.13 Å². The maximum Gasteiger partial charge on any atom is 0.416 e. The molecule has 0 saturated carbocycles. The number of thiophene rings is 2. The highest BCUT2D eigenvalue weighted by Gasteiger charge is 2.34. The molecule has 1 unspecified atom stereocenters. The normalized spacial score (nSPS) is 13.2. The van der Waals surface area contributed by atoms with E-state index in [4.69, 9.17) is 0 Å². The zero-order chi connectivity index (χ0) is 24.8. The molecular formula is C24H23F3N2O3S2. The molecule has 4 rings (SSSR count). The summed E-state index contributed by atoms with van der Waals surface area (Å²) in [5, 5.41) is 13.2. The zero-order valence-corrected chi connectivity index (χ0v) is 20.4. The van der Waals surface area contributed by atoms with Crippen molar-refractivity contribution in [3.05, 3.63) is 89.1 Å². The van der Waals surface area contributed by atoms with Gasteiger partial charge in [0.15, 0.2) is 0 Å². The van der Waals surface area contributed by atoms with Crippen LogP contribution in [0, 0.1) is 5.92 Å². The van der Waals surface area contributed by atoms with Crippen molar-refractivity contribution in [2.45, 2.75) is 39.1 Å². The number of rotatable bonds is 6. The average Bonchev–Trinajstić information content (AvgIpc) is 3.43. The summed E-state index contributed by atoms with van der Waals surface area (Å²) < 4.78 is 43.5. The van der Waals surface area contributed by atoms with E-state index in [0.717, 1.165) is 22.0 Å². The first-order chi connectivity index (χ1) is 16.0. The lowest BCUT2D eigenvalue weighted by atomic mass is 9.98. The molecule has 1 aromatic carbocycles. The lowest BCUT2D eigenvalue weighted by Crippen LogP contribution is -2.38. The molecule has 0 aliphatic carbocycles. The number of halogens is 3. The summed E-state index contributed by atoms with van der Waals surface area (Å²) in [7, 11) is 1.37. The van der Waals surface area contributed by atoms with Gasteiger partial charge in [-0.1, -0.05) is 38.1 Å². The number of aliphatic hydroxyl groups is 1. The number of nitrogens with zero attached hydrogens (tertiary/aromatic N) is 2. The van der Waals surface area contributed by atoms with Crippen molar-refractivity contribution in [2.24, 2.45) is 13.0 Å². The molecular weight excluding hydrogens is 485 g/mol. The monoisotopic (exact) mass is 508 g/mol. The Hall–Kier alpha value is -2.69. The van der Waals surface area contributed by atoms with Gasteiger partial charge in [0, 0.05) is 35.3 Å². The van der Waals surface area contributed by atoms with Gasteiger partial charge in [-0.05, 0) is 29.0 Å². The summed E-state index contributed by atoms with van der Waals surface area (Å²) >= 11 is 2.38. The molecule has 10 heteroatoms. The predicted molar refractivity (Wildman–Crippen MR) is 129 cm³/mol. The fourth-order valence-corrected chi connectivity index (χ4v) is 6.12. The fraction of sp³-hybridized carbons (Fsp3) is 0.333. The third kappa shape index (κ3) is 4.37. The highest BCUT2D eigenvalue weighted by molar-refractivity contribution is 7.19. The Bertz CT molecular complexity index is 1450. The van der Waals surface area contributed by atoms with Crippen LogP contribution in [0.1, 0.15) is 46.4 Å². The van der Waals surface area contributed by atoms with Crippen LogP contribution >= 0.6 is 22.7 Å². The Labute approximate surface area is 201 Å². The molecule has 0 aliphatic heterocycles. The van der Waals surface area contributed by atoms with Gasteiger partial charge in [-0.15, -0.1) is 22.7 Å². The first kappa shape index (κ1) is 24.4. The molecule has 3 aromatic heterocycles. The number of fused-ring (bicyclic) bond motifs is 1. The minimum atomic E-state index is -4.55. The Morgan fingerprint density at radius 1 is 1.09 bits per heavy atom. The second-order valence-corrected chi connectivity index (χ2v) is 10.6. The summed E-state index contributed by atoms with van der Waals surface area (Å²) in [5.74, 6) is 0.0839. The Balaban J connectivity index is 2.04. The van der Waals surface area contributed by atoms with Gasteiger partial charge < -0.3 is 5.11 Å². The van der Waals surface area contributed by atoms with Crippen molar-refractivity contribution >= 4 is 32.9 Å². The van der Waals surface area contributed by atoms with Gasteiger partial charge in [-0.3, -0.25) is 13.9 Å². The molecule has 34 heavy (non-hydrogen) atoms. The van der Waals surface area contributed by atoms with Gasteiger partial charge in [-0.2, -0.15) is 13.2 Å². The summed E-state index contributed by atoms with van der Waals surface area (Å²) in [6.07, 6.45) is -5.89. The van der Waals surface area contributed by atoms with Crippen LogP contribution in [0.15, 0.2) is 51.4 Å². The Morgan fingerprint density at radius 3 is 2.41 bits per heavy atom. The zero-order valence-electron chi connectivity index (χ0n) is 18.7. The van der Waals surface area contributed by atoms with Crippen molar-refractivity contribution in [3.63, 3.8) is 0 Å². The van der Waals surface area contributed by atoms with Crippen LogP contribution in [-0.4, -0.2) is 14.2 Å². The first-order valence-corrected chi connectivity index (χ1v) is 12.3.